The molecule has 0 radical (unpaired) electrons. The van der Waals surface area contributed by atoms with Crippen LogP contribution in [0.25, 0.3) is 0 Å². The minimum Gasteiger partial charge on any atom is -0.497 e. The number of ether oxygens (including phenoxy) is 2. The number of carbonyl (C=O) groups is 2. The minimum absolute atomic E-state index is 0.240. The summed E-state index contributed by atoms with van der Waals surface area (Å²) >= 11 is 0. The van der Waals surface area contributed by atoms with Crippen LogP contribution in [0.15, 0.2) is 24.3 Å². The zero-order valence-corrected chi connectivity index (χ0v) is 10.5. The molecule has 1 spiro atoms. The number of rotatable bonds is 2. The molecule has 19 heavy (non-hydrogen) atoms. The summed E-state index contributed by atoms with van der Waals surface area (Å²) in [6, 6.07) is 6.40. The Morgan fingerprint density at radius 2 is 2.05 bits per heavy atom. The molecule has 0 saturated carbocycles. The lowest BCUT2D eigenvalue weighted by Crippen LogP contribution is -2.47. The van der Waals surface area contributed by atoms with Crippen LogP contribution in [-0.2, 0) is 9.53 Å². The molecule has 1 atom stereocenters. The largest absolute Gasteiger partial charge is 0.497 e. The van der Waals surface area contributed by atoms with Gasteiger partial charge >= 0.3 is 6.03 Å². The SMILES string of the molecule is COc1ccc(N2C(=O)NC3(CCOC3)C2=O)cc1. The Balaban J connectivity index is 1.91. The lowest BCUT2D eigenvalue weighted by molar-refractivity contribution is -0.122. The Labute approximate surface area is 110 Å². The molecule has 3 rings (SSSR count). The molecule has 0 aliphatic carbocycles. The number of anilines is 1. The van der Waals surface area contributed by atoms with Crippen molar-refractivity contribution in [3.8, 4) is 5.75 Å². The second-order valence-corrected chi connectivity index (χ2v) is 4.65. The van der Waals surface area contributed by atoms with Gasteiger partial charge in [-0.15, -0.1) is 0 Å². The molecule has 1 unspecified atom stereocenters. The van der Waals surface area contributed by atoms with Gasteiger partial charge in [-0.2, -0.15) is 0 Å². The first-order valence-corrected chi connectivity index (χ1v) is 6.05. The van der Waals surface area contributed by atoms with Crippen molar-refractivity contribution in [3.63, 3.8) is 0 Å². The molecule has 3 amide bonds. The van der Waals surface area contributed by atoms with Crippen molar-refractivity contribution in [2.45, 2.75) is 12.0 Å². The fourth-order valence-corrected chi connectivity index (χ4v) is 2.42. The third-order valence-corrected chi connectivity index (χ3v) is 3.51. The Morgan fingerprint density at radius 3 is 2.63 bits per heavy atom. The zero-order chi connectivity index (χ0) is 13.5. The second kappa shape index (κ2) is 4.24. The average molecular weight is 262 g/mol. The van der Waals surface area contributed by atoms with Gasteiger partial charge in [-0.05, 0) is 24.3 Å². The van der Waals surface area contributed by atoms with Gasteiger partial charge < -0.3 is 14.8 Å². The zero-order valence-electron chi connectivity index (χ0n) is 10.5. The molecule has 1 aromatic carbocycles. The maximum atomic E-state index is 12.4. The molecule has 2 heterocycles. The maximum absolute atomic E-state index is 12.4. The standard InChI is InChI=1S/C13H14N2O4/c1-18-10-4-2-9(3-5-10)15-11(16)13(14-12(15)17)6-7-19-8-13/h2-5H,6-8H2,1H3,(H,14,17). The summed E-state index contributed by atoms with van der Waals surface area (Å²) < 4.78 is 10.3. The number of amides is 3. The van der Waals surface area contributed by atoms with Crippen LogP contribution in [0.2, 0.25) is 0 Å². The van der Waals surface area contributed by atoms with E-state index in [9.17, 15) is 9.59 Å². The van der Waals surface area contributed by atoms with E-state index in [1.807, 2.05) is 0 Å². The van der Waals surface area contributed by atoms with Crippen LogP contribution in [-0.4, -0.2) is 37.8 Å². The van der Waals surface area contributed by atoms with Crippen molar-refractivity contribution < 1.29 is 19.1 Å². The molecule has 0 aromatic heterocycles. The molecule has 2 aliphatic rings. The summed E-state index contributed by atoms with van der Waals surface area (Å²) in [6.45, 7) is 0.729. The molecule has 2 aliphatic heterocycles. The highest BCUT2D eigenvalue weighted by Gasteiger charge is 2.53. The van der Waals surface area contributed by atoms with E-state index in [1.165, 1.54) is 0 Å². The number of hydrogen-bond acceptors (Lipinski definition) is 4. The van der Waals surface area contributed by atoms with Gasteiger partial charge in [0.25, 0.3) is 5.91 Å². The van der Waals surface area contributed by atoms with E-state index in [4.69, 9.17) is 9.47 Å². The van der Waals surface area contributed by atoms with Gasteiger partial charge in [-0.3, -0.25) is 4.79 Å². The van der Waals surface area contributed by atoms with Gasteiger partial charge in [-0.1, -0.05) is 0 Å². The van der Waals surface area contributed by atoms with E-state index < -0.39 is 11.6 Å². The van der Waals surface area contributed by atoms with E-state index in [0.29, 0.717) is 24.5 Å². The normalized spacial score (nSPS) is 26.1. The third-order valence-electron chi connectivity index (χ3n) is 3.51. The van der Waals surface area contributed by atoms with Crippen molar-refractivity contribution >= 4 is 17.6 Å². The number of methoxy groups -OCH3 is 1. The smallest absolute Gasteiger partial charge is 0.329 e. The molecular formula is C13H14N2O4. The molecule has 6 nitrogen and oxygen atoms in total. The van der Waals surface area contributed by atoms with Gasteiger partial charge in [0.05, 0.1) is 19.4 Å². The highest BCUT2D eigenvalue weighted by molar-refractivity contribution is 6.23. The number of nitrogens with zero attached hydrogens (tertiary/aromatic N) is 1. The maximum Gasteiger partial charge on any atom is 0.329 e. The summed E-state index contributed by atoms with van der Waals surface area (Å²) in [7, 11) is 1.56. The van der Waals surface area contributed by atoms with Gasteiger partial charge in [0.15, 0.2) is 0 Å². The van der Waals surface area contributed by atoms with Crippen LogP contribution in [0.4, 0.5) is 10.5 Å². The highest BCUT2D eigenvalue weighted by Crippen LogP contribution is 2.31. The molecule has 2 saturated heterocycles. The van der Waals surface area contributed by atoms with Crippen LogP contribution in [0.1, 0.15) is 6.42 Å². The Hall–Kier alpha value is -2.08. The summed E-state index contributed by atoms with van der Waals surface area (Å²) in [4.78, 5) is 25.6. The highest BCUT2D eigenvalue weighted by atomic mass is 16.5. The van der Waals surface area contributed by atoms with Gasteiger partial charge in [0.2, 0.25) is 0 Å². The molecule has 2 fully saturated rings. The van der Waals surface area contributed by atoms with Crippen LogP contribution in [0.5, 0.6) is 5.75 Å². The topological polar surface area (TPSA) is 67.9 Å². The van der Waals surface area contributed by atoms with Crippen molar-refractivity contribution in [3.05, 3.63) is 24.3 Å². The first kappa shape index (κ1) is 12.0. The Bertz CT molecular complexity index is 520. The molecule has 1 aromatic rings. The number of nitrogens with one attached hydrogen (secondary N) is 1. The summed E-state index contributed by atoms with van der Waals surface area (Å²) in [6.07, 6.45) is 0.518. The van der Waals surface area contributed by atoms with Gasteiger partial charge in [-0.25, -0.2) is 9.69 Å². The van der Waals surface area contributed by atoms with E-state index in [-0.39, 0.29) is 12.5 Å². The van der Waals surface area contributed by atoms with Crippen molar-refractivity contribution in [2.24, 2.45) is 0 Å². The summed E-state index contributed by atoms with van der Waals surface area (Å²) in [5.74, 6) is 0.426. The van der Waals surface area contributed by atoms with Gasteiger partial charge in [0, 0.05) is 13.0 Å². The van der Waals surface area contributed by atoms with Crippen molar-refractivity contribution in [2.75, 3.05) is 25.2 Å². The lowest BCUT2D eigenvalue weighted by Gasteiger charge is -2.18. The molecule has 1 N–H and O–H groups in total. The van der Waals surface area contributed by atoms with Gasteiger partial charge in [0.1, 0.15) is 11.3 Å². The Kier molecular flexibility index (Phi) is 2.67. The predicted octanol–water partition coefficient (Wildman–Crippen LogP) is 0.910. The molecule has 100 valence electrons. The fourth-order valence-electron chi connectivity index (χ4n) is 2.42. The quantitative estimate of drug-likeness (QED) is 0.804. The molecule has 0 bridgehead atoms. The van der Waals surface area contributed by atoms with Crippen LogP contribution in [0, 0.1) is 0 Å². The van der Waals surface area contributed by atoms with Crippen molar-refractivity contribution in [1.29, 1.82) is 0 Å². The number of hydrogen-bond donors (Lipinski definition) is 1. The number of benzene rings is 1. The van der Waals surface area contributed by atoms with Crippen LogP contribution < -0.4 is 15.0 Å². The van der Waals surface area contributed by atoms with E-state index in [1.54, 1.807) is 31.4 Å². The van der Waals surface area contributed by atoms with Crippen molar-refractivity contribution in [1.82, 2.24) is 5.32 Å². The predicted molar refractivity (Wildman–Crippen MR) is 67.2 cm³/mol. The molecule has 6 heteroatoms. The van der Waals surface area contributed by atoms with Crippen LogP contribution >= 0.6 is 0 Å². The monoisotopic (exact) mass is 262 g/mol. The number of urea groups is 1. The lowest BCUT2D eigenvalue weighted by atomic mass is 9.99. The van der Waals surface area contributed by atoms with E-state index >= 15 is 0 Å². The number of imide groups is 1. The fraction of sp³-hybridized carbons (Fsp3) is 0.385. The van der Waals surface area contributed by atoms with Crippen LogP contribution in [0.3, 0.4) is 0 Å². The second-order valence-electron chi connectivity index (χ2n) is 4.65. The average Bonchev–Trinajstić information content (AvgIpc) is 2.97. The first-order chi connectivity index (χ1) is 9.16. The van der Waals surface area contributed by atoms with E-state index in [0.717, 1.165) is 4.90 Å². The third kappa shape index (κ3) is 1.76. The summed E-state index contributed by atoms with van der Waals surface area (Å²) in [5, 5.41) is 2.74. The number of carbonyl (C=O) groups excluding carboxylic acids is 2. The summed E-state index contributed by atoms with van der Waals surface area (Å²) in [5.41, 5.74) is -0.344. The van der Waals surface area contributed by atoms with E-state index in [2.05, 4.69) is 5.32 Å². The first-order valence-electron chi connectivity index (χ1n) is 6.05. The Morgan fingerprint density at radius 1 is 1.32 bits per heavy atom. The minimum atomic E-state index is -0.878. The molecular weight excluding hydrogens is 248 g/mol.